The molecule has 0 fully saturated rings. The molecule has 0 aliphatic heterocycles. The number of nitrogens with one attached hydrogen (secondary N) is 1. The third kappa shape index (κ3) is 7.15. The summed E-state index contributed by atoms with van der Waals surface area (Å²) in [6.07, 6.45) is 0.100. The van der Waals surface area contributed by atoms with Crippen LogP contribution in [0.1, 0.15) is 46.7 Å². The van der Waals surface area contributed by atoms with Gasteiger partial charge in [-0.3, -0.25) is 19.7 Å². The third-order valence-corrected chi connectivity index (χ3v) is 5.19. The summed E-state index contributed by atoms with van der Waals surface area (Å²) in [4.78, 5) is 49.1. The number of Topliss-reactive ketones (excluding diaryl/α,β-unsaturated/α-hetero) is 1. The lowest BCUT2D eigenvalue weighted by Gasteiger charge is -2.07. The fraction of sp³-hybridized carbons (Fsp3) is 0.333. The van der Waals surface area contributed by atoms with Crippen molar-refractivity contribution >= 4 is 52.9 Å². The summed E-state index contributed by atoms with van der Waals surface area (Å²) in [5, 5.41) is 2.98. The molecule has 0 bridgehead atoms. The van der Waals surface area contributed by atoms with E-state index < -0.39 is 30.2 Å². The predicted molar refractivity (Wildman–Crippen MR) is 116 cm³/mol. The van der Waals surface area contributed by atoms with E-state index in [1.54, 1.807) is 19.1 Å². The summed E-state index contributed by atoms with van der Waals surface area (Å²) in [5.74, 6) is -2.06. The van der Waals surface area contributed by atoms with E-state index in [-0.39, 0.29) is 35.8 Å². The van der Waals surface area contributed by atoms with Crippen LogP contribution in [0.4, 0.5) is 5.88 Å². The number of ether oxygens (including phenoxy) is 2. The van der Waals surface area contributed by atoms with Gasteiger partial charge < -0.3 is 13.9 Å². The average Bonchev–Trinajstić information content (AvgIpc) is 3.04. The normalized spacial score (nSPS) is 10.5. The lowest BCUT2D eigenvalue weighted by molar-refractivity contribution is -0.146. The molecule has 0 saturated heterocycles. The highest BCUT2D eigenvalue weighted by atomic mass is 35.5. The molecular formula is C21H22ClNO7S. The molecule has 0 unspecified atom stereocenters. The number of furan rings is 1. The van der Waals surface area contributed by atoms with Crippen LogP contribution in [0, 0.1) is 6.92 Å². The van der Waals surface area contributed by atoms with Crippen LogP contribution < -0.4 is 5.32 Å². The largest absolute Gasteiger partial charge is 0.462 e. The molecular weight excluding hydrogens is 446 g/mol. The number of carbonyl (C=O) groups excluding carboxylic acids is 4. The van der Waals surface area contributed by atoms with Crippen LogP contribution in [-0.4, -0.2) is 42.6 Å². The second-order valence-electron chi connectivity index (χ2n) is 6.28. The number of esters is 2. The molecule has 0 radical (unpaired) electrons. The highest BCUT2D eigenvalue weighted by Crippen LogP contribution is 2.28. The van der Waals surface area contributed by atoms with E-state index in [0.29, 0.717) is 10.8 Å². The van der Waals surface area contributed by atoms with Crippen molar-refractivity contribution in [3.8, 4) is 0 Å². The fourth-order valence-corrected chi connectivity index (χ4v) is 3.58. The number of aryl methyl sites for hydroxylation is 1. The molecule has 0 saturated carbocycles. The van der Waals surface area contributed by atoms with E-state index in [2.05, 4.69) is 5.32 Å². The summed E-state index contributed by atoms with van der Waals surface area (Å²) in [7, 11) is 0. The first-order valence-electron chi connectivity index (χ1n) is 9.38. The van der Waals surface area contributed by atoms with Crippen molar-refractivity contribution in [1.29, 1.82) is 0 Å². The number of hydrogen-bond donors (Lipinski definition) is 1. The Balaban J connectivity index is 1.89. The summed E-state index contributed by atoms with van der Waals surface area (Å²) < 4.78 is 15.3. The van der Waals surface area contributed by atoms with Crippen LogP contribution in [0.2, 0.25) is 5.02 Å². The summed E-state index contributed by atoms with van der Waals surface area (Å²) in [6.45, 7) is 3.89. The maximum Gasteiger partial charge on any atom is 0.344 e. The predicted octanol–water partition coefficient (Wildman–Crippen LogP) is 4.28. The highest BCUT2D eigenvalue weighted by molar-refractivity contribution is 7.99. The number of hydrogen-bond acceptors (Lipinski definition) is 8. The molecule has 0 aliphatic carbocycles. The van der Waals surface area contributed by atoms with Gasteiger partial charge in [0.1, 0.15) is 11.3 Å². The van der Waals surface area contributed by atoms with E-state index in [0.717, 1.165) is 4.90 Å². The van der Waals surface area contributed by atoms with Gasteiger partial charge in [-0.1, -0.05) is 11.6 Å². The Morgan fingerprint density at radius 2 is 1.77 bits per heavy atom. The first kappa shape index (κ1) is 24.5. The van der Waals surface area contributed by atoms with Gasteiger partial charge in [0.25, 0.3) is 5.91 Å². The Labute approximate surface area is 188 Å². The molecule has 10 heteroatoms. The minimum atomic E-state index is -0.795. The van der Waals surface area contributed by atoms with E-state index in [1.165, 1.54) is 25.6 Å². The second-order valence-corrected chi connectivity index (χ2v) is 7.88. The fourth-order valence-electron chi connectivity index (χ4n) is 2.62. The van der Waals surface area contributed by atoms with E-state index in [4.69, 9.17) is 25.5 Å². The number of carbonyl (C=O) groups is 4. The number of anilines is 1. The Kier molecular flexibility index (Phi) is 9.14. The van der Waals surface area contributed by atoms with Crippen molar-refractivity contribution in [3.63, 3.8) is 0 Å². The minimum Gasteiger partial charge on any atom is -0.462 e. The van der Waals surface area contributed by atoms with Gasteiger partial charge in [-0.15, -0.1) is 11.8 Å². The number of rotatable bonds is 10. The maximum absolute atomic E-state index is 12.2. The van der Waals surface area contributed by atoms with Crippen molar-refractivity contribution in [1.82, 2.24) is 0 Å². The molecule has 1 aromatic carbocycles. The minimum absolute atomic E-state index is 0.0324. The standard InChI is InChI=1S/C21H22ClNO7S/c1-4-28-21(27)19-18(12(2)24)13(3)30-20(19)23-16(25)11-29-17(26)9-10-31-15-7-5-14(22)6-8-15/h5-8H,4,9-11H2,1-3H3,(H,23,25). The molecule has 0 aliphatic rings. The molecule has 0 atom stereocenters. The zero-order valence-electron chi connectivity index (χ0n) is 17.3. The Morgan fingerprint density at radius 1 is 1.10 bits per heavy atom. The average molecular weight is 468 g/mol. The molecule has 31 heavy (non-hydrogen) atoms. The summed E-state index contributed by atoms with van der Waals surface area (Å²) in [5.41, 5.74) is -0.129. The van der Waals surface area contributed by atoms with Crippen molar-refractivity contribution < 1.29 is 33.1 Å². The lowest BCUT2D eigenvalue weighted by Crippen LogP contribution is -2.22. The molecule has 1 heterocycles. The molecule has 8 nitrogen and oxygen atoms in total. The smallest absolute Gasteiger partial charge is 0.344 e. The Morgan fingerprint density at radius 3 is 2.39 bits per heavy atom. The van der Waals surface area contributed by atoms with Crippen LogP contribution in [0.15, 0.2) is 33.6 Å². The molecule has 2 rings (SSSR count). The van der Waals surface area contributed by atoms with Gasteiger partial charge in [0.15, 0.2) is 12.4 Å². The molecule has 1 amide bonds. The first-order valence-corrected chi connectivity index (χ1v) is 10.7. The number of ketones is 1. The summed E-state index contributed by atoms with van der Waals surface area (Å²) >= 11 is 7.28. The van der Waals surface area contributed by atoms with Crippen LogP contribution in [0.3, 0.4) is 0 Å². The number of amides is 1. The lowest BCUT2D eigenvalue weighted by atomic mass is 10.1. The highest BCUT2D eigenvalue weighted by Gasteiger charge is 2.28. The molecule has 1 N–H and O–H groups in total. The molecule has 1 aromatic heterocycles. The third-order valence-electron chi connectivity index (χ3n) is 3.92. The van der Waals surface area contributed by atoms with Crippen LogP contribution in [0.25, 0.3) is 0 Å². The summed E-state index contributed by atoms with van der Waals surface area (Å²) in [6, 6.07) is 7.19. The maximum atomic E-state index is 12.2. The Hall–Kier alpha value is -2.78. The van der Waals surface area contributed by atoms with Gasteiger partial charge in [0, 0.05) is 15.7 Å². The van der Waals surface area contributed by atoms with Crippen molar-refractivity contribution in [2.24, 2.45) is 0 Å². The van der Waals surface area contributed by atoms with Gasteiger partial charge in [-0.25, -0.2) is 4.79 Å². The van der Waals surface area contributed by atoms with E-state index in [1.807, 2.05) is 12.1 Å². The van der Waals surface area contributed by atoms with Crippen LogP contribution >= 0.6 is 23.4 Å². The number of halogens is 1. The van der Waals surface area contributed by atoms with Crippen LogP contribution in [-0.2, 0) is 19.1 Å². The van der Waals surface area contributed by atoms with Gasteiger partial charge in [-0.05, 0) is 45.0 Å². The second kappa shape index (κ2) is 11.6. The zero-order valence-corrected chi connectivity index (χ0v) is 18.9. The van der Waals surface area contributed by atoms with Gasteiger partial charge in [0.2, 0.25) is 5.88 Å². The van der Waals surface area contributed by atoms with Gasteiger partial charge in [0.05, 0.1) is 18.6 Å². The Bertz CT molecular complexity index is 969. The topological polar surface area (TPSA) is 112 Å². The number of thioether (sulfide) groups is 1. The quantitative estimate of drug-likeness (QED) is 0.313. The SMILES string of the molecule is CCOC(=O)c1c(NC(=O)COC(=O)CCSc2ccc(Cl)cc2)oc(C)c1C(C)=O. The van der Waals surface area contributed by atoms with E-state index in [9.17, 15) is 19.2 Å². The van der Waals surface area contributed by atoms with Crippen molar-refractivity contribution in [3.05, 3.63) is 46.2 Å². The first-order chi connectivity index (χ1) is 14.7. The van der Waals surface area contributed by atoms with E-state index >= 15 is 0 Å². The molecule has 166 valence electrons. The van der Waals surface area contributed by atoms with Gasteiger partial charge in [-0.2, -0.15) is 0 Å². The number of benzene rings is 1. The zero-order chi connectivity index (χ0) is 23.0. The van der Waals surface area contributed by atoms with Crippen molar-refractivity contribution in [2.45, 2.75) is 32.1 Å². The van der Waals surface area contributed by atoms with Crippen molar-refractivity contribution in [2.75, 3.05) is 24.3 Å². The monoisotopic (exact) mass is 467 g/mol. The van der Waals surface area contributed by atoms with Crippen LogP contribution in [0.5, 0.6) is 0 Å². The van der Waals surface area contributed by atoms with Gasteiger partial charge >= 0.3 is 11.9 Å². The molecule has 0 spiro atoms. The molecule has 2 aromatic rings.